The molecule has 0 aliphatic rings. The lowest BCUT2D eigenvalue weighted by Gasteiger charge is -2.12. The third-order valence-corrected chi connectivity index (χ3v) is 3.03. The van der Waals surface area contributed by atoms with Gasteiger partial charge < -0.3 is 20.5 Å². The number of nitrogens with one attached hydrogen (secondary N) is 1. The highest BCUT2D eigenvalue weighted by atomic mass is 16.5. The van der Waals surface area contributed by atoms with Gasteiger partial charge in [0.05, 0.1) is 20.6 Å². The maximum Gasteiger partial charge on any atom is 0.224 e. The minimum Gasteiger partial charge on any atom is -0.493 e. The van der Waals surface area contributed by atoms with Gasteiger partial charge in [0.2, 0.25) is 5.91 Å². The lowest BCUT2D eigenvalue weighted by atomic mass is 10.1. The molecule has 0 aliphatic carbocycles. The number of carbonyl (C=O) groups is 1. The van der Waals surface area contributed by atoms with Gasteiger partial charge in [0, 0.05) is 12.6 Å². The molecule has 20 heavy (non-hydrogen) atoms. The second-order valence-corrected chi connectivity index (χ2v) is 4.72. The van der Waals surface area contributed by atoms with Gasteiger partial charge in [-0.1, -0.05) is 19.4 Å². The van der Waals surface area contributed by atoms with Crippen LogP contribution in [0.1, 0.15) is 25.3 Å². The molecule has 1 aromatic carbocycles. The second-order valence-electron chi connectivity index (χ2n) is 4.72. The van der Waals surface area contributed by atoms with Gasteiger partial charge in [-0.2, -0.15) is 0 Å². The summed E-state index contributed by atoms with van der Waals surface area (Å²) in [6, 6.07) is 5.48. The van der Waals surface area contributed by atoms with Crippen molar-refractivity contribution >= 4 is 5.91 Å². The minimum absolute atomic E-state index is 0.0225. The normalized spacial score (nSPS) is 11.8. The van der Waals surface area contributed by atoms with Crippen molar-refractivity contribution in [3.63, 3.8) is 0 Å². The summed E-state index contributed by atoms with van der Waals surface area (Å²) in [5.41, 5.74) is 6.74. The van der Waals surface area contributed by atoms with Gasteiger partial charge in [0.1, 0.15) is 0 Å². The molecule has 0 radical (unpaired) electrons. The van der Waals surface area contributed by atoms with Crippen LogP contribution >= 0.6 is 0 Å². The molecule has 0 heterocycles. The van der Waals surface area contributed by atoms with E-state index in [0.29, 0.717) is 24.5 Å². The van der Waals surface area contributed by atoms with Gasteiger partial charge in [0.15, 0.2) is 11.5 Å². The van der Waals surface area contributed by atoms with Gasteiger partial charge in [-0.3, -0.25) is 4.79 Å². The van der Waals surface area contributed by atoms with Gasteiger partial charge >= 0.3 is 0 Å². The number of rotatable bonds is 8. The number of benzene rings is 1. The summed E-state index contributed by atoms with van der Waals surface area (Å²) in [4.78, 5) is 11.8. The zero-order chi connectivity index (χ0) is 15.0. The second kappa shape index (κ2) is 8.43. The van der Waals surface area contributed by atoms with E-state index in [1.165, 1.54) is 0 Å². The monoisotopic (exact) mass is 280 g/mol. The lowest BCUT2D eigenvalue weighted by molar-refractivity contribution is -0.120. The van der Waals surface area contributed by atoms with Crippen LogP contribution in [0, 0.1) is 0 Å². The van der Waals surface area contributed by atoms with E-state index in [9.17, 15) is 4.79 Å². The Balaban J connectivity index is 2.53. The van der Waals surface area contributed by atoms with Crippen molar-refractivity contribution in [2.45, 2.75) is 32.2 Å². The highest BCUT2D eigenvalue weighted by molar-refractivity contribution is 5.78. The molecule has 1 aromatic rings. The number of hydrogen-bond acceptors (Lipinski definition) is 4. The Kier molecular flexibility index (Phi) is 6.87. The van der Waals surface area contributed by atoms with Gasteiger partial charge in [-0.05, 0) is 24.1 Å². The Hall–Kier alpha value is -1.75. The van der Waals surface area contributed by atoms with Crippen LogP contribution in [-0.4, -0.2) is 32.7 Å². The zero-order valence-electron chi connectivity index (χ0n) is 12.4. The summed E-state index contributed by atoms with van der Waals surface area (Å²) < 4.78 is 10.4. The predicted molar refractivity (Wildman–Crippen MR) is 79.1 cm³/mol. The molecule has 0 saturated carbocycles. The maximum atomic E-state index is 11.8. The Bertz CT molecular complexity index is 435. The first-order chi connectivity index (χ1) is 9.60. The van der Waals surface area contributed by atoms with Crippen molar-refractivity contribution in [1.29, 1.82) is 0 Å². The highest BCUT2D eigenvalue weighted by Gasteiger charge is 2.09. The fourth-order valence-corrected chi connectivity index (χ4v) is 1.96. The smallest absolute Gasteiger partial charge is 0.224 e. The van der Waals surface area contributed by atoms with E-state index in [2.05, 4.69) is 12.2 Å². The molecular weight excluding hydrogens is 256 g/mol. The van der Waals surface area contributed by atoms with Crippen molar-refractivity contribution in [1.82, 2.24) is 5.32 Å². The van der Waals surface area contributed by atoms with Crippen LogP contribution in [0.2, 0.25) is 0 Å². The molecule has 0 aliphatic heterocycles. The molecule has 3 N–H and O–H groups in total. The molecule has 0 aromatic heterocycles. The Labute approximate surface area is 120 Å². The Morgan fingerprint density at radius 1 is 1.30 bits per heavy atom. The van der Waals surface area contributed by atoms with Gasteiger partial charge in [-0.15, -0.1) is 0 Å². The molecule has 0 spiro atoms. The van der Waals surface area contributed by atoms with Crippen LogP contribution in [0.5, 0.6) is 11.5 Å². The molecule has 5 nitrogen and oxygen atoms in total. The third kappa shape index (κ3) is 5.09. The standard InChI is InChI=1S/C15H24N2O3/c1-4-5-12(16)10-17-15(18)9-11-6-7-13(19-2)14(8-11)20-3/h6-8,12H,4-5,9-10,16H2,1-3H3,(H,17,18). The SMILES string of the molecule is CCCC(N)CNC(=O)Cc1ccc(OC)c(OC)c1. The van der Waals surface area contributed by atoms with E-state index >= 15 is 0 Å². The molecule has 0 bridgehead atoms. The number of methoxy groups -OCH3 is 2. The zero-order valence-corrected chi connectivity index (χ0v) is 12.4. The summed E-state index contributed by atoms with van der Waals surface area (Å²) in [5, 5.41) is 2.85. The van der Waals surface area contributed by atoms with Gasteiger partial charge in [-0.25, -0.2) is 0 Å². The highest BCUT2D eigenvalue weighted by Crippen LogP contribution is 2.27. The largest absolute Gasteiger partial charge is 0.493 e. The molecule has 1 unspecified atom stereocenters. The molecule has 1 amide bonds. The molecule has 1 atom stereocenters. The van der Waals surface area contributed by atoms with Crippen LogP contribution in [0.4, 0.5) is 0 Å². The van der Waals surface area contributed by atoms with Gasteiger partial charge in [0.25, 0.3) is 0 Å². The van der Waals surface area contributed by atoms with E-state index in [1.807, 2.05) is 12.1 Å². The number of nitrogens with two attached hydrogens (primary N) is 1. The summed E-state index contributed by atoms with van der Waals surface area (Å²) in [5.74, 6) is 1.24. The average molecular weight is 280 g/mol. The van der Waals surface area contributed by atoms with E-state index in [-0.39, 0.29) is 11.9 Å². The summed E-state index contributed by atoms with van der Waals surface area (Å²) in [6.07, 6.45) is 2.24. The summed E-state index contributed by atoms with van der Waals surface area (Å²) in [6.45, 7) is 2.59. The number of ether oxygens (including phenoxy) is 2. The number of carbonyl (C=O) groups excluding carboxylic acids is 1. The van der Waals surface area contributed by atoms with E-state index in [4.69, 9.17) is 15.2 Å². The fourth-order valence-electron chi connectivity index (χ4n) is 1.96. The van der Waals surface area contributed by atoms with Crippen LogP contribution in [0.3, 0.4) is 0 Å². The van der Waals surface area contributed by atoms with Crippen molar-refractivity contribution in [3.05, 3.63) is 23.8 Å². The predicted octanol–water partition coefficient (Wildman–Crippen LogP) is 1.49. The first-order valence-corrected chi connectivity index (χ1v) is 6.83. The van der Waals surface area contributed by atoms with Crippen LogP contribution in [0.25, 0.3) is 0 Å². The van der Waals surface area contributed by atoms with Crippen molar-refractivity contribution in [2.24, 2.45) is 5.73 Å². The first kappa shape index (κ1) is 16.3. The summed E-state index contributed by atoms with van der Waals surface area (Å²) in [7, 11) is 3.16. The lowest BCUT2D eigenvalue weighted by Crippen LogP contribution is -2.37. The molecule has 112 valence electrons. The quantitative estimate of drug-likeness (QED) is 0.756. The number of amides is 1. The summed E-state index contributed by atoms with van der Waals surface area (Å²) >= 11 is 0. The Morgan fingerprint density at radius 2 is 2.00 bits per heavy atom. The van der Waals surface area contributed by atoms with Crippen LogP contribution < -0.4 is 20.5 Å². The van der Waals surface area contributed by atoms with E-state index in [1.54, 1.807) is 20.3 Å². The Morgan fingerprint density at radius 3 is 2.60 bits per heavy atom. The van der Waals surface area contributed by atoms with Crippen LogP contribution in [0.15, 0.2) is 18.2 Å². The first-order valence-electron chi connectivity index (χ1n) is 6.83. The van der Waals surface area contributed by atoms with Crippen molar-refractivity contribution < 1.29 is 14.3 Å². The topological polar surface area (TPSA) is 73.6 Å². The maximum absolute atomic E-state index is 11.8. The van der Waals surface area contributed by atoms with Crippen molar-refractivity contribution in [3.8, 4) is 11.5 Å². The van der Waals surface area contributed by atoms with E-state index in [0.717, 1.165) is 18.4 Å². The third-order valence-electron chi connectivity index (χ3n) is 3.03. The minimum atomic E-state index is -0.0382. The number of hydrogen-bond donors (Lipinski definition) is 2. The average Bonchev–Trinajstić information content (AvgIpc) is 2.45. The fraction of sp³-hybridized carbons (Fsp3) is 0.533. The van der Waals surface area contributed by atoms with Crippen molar-refractivity contribution in [2.75, 3.05) is 20.8 Å². The molecule has 1 rings (SSSR count). The molecule has 0 saturated heterocycles. The van der Waals surface area contributed by atoms with Crippen LogP contribution in [-0.2, 0) is 11.2 Å². The molecule has 5 heteroatoms. The molecular formula is C15H24N2O3. The van der Waals surface area contributed by atoms with E-state index < -0.39 is 0 Å². The molecule has 0 fully saturated rings.